The van der Waals surface area contributed by atoms with Crippen molar-refractivity contribution in [1.82, 2.24) is 0 Å². The van der Waals surface area contributed by atoms with Crippen LogP contribution in [0.5, 0.6) is 0 Å². The van der Waals surface area contributed by atoms with Gasteiger partial charge >= 0.3 is 0 Å². The van der Waals surface area contributed by atoms with Crippen molar-refractivity contribution < 1.29 is 4.39 Å². The highest BCUT2D eigenvalue weighted by Crippen LogP contribution is 2.46. The van der Waals surface area contributed by atoms with Crippen LogP contribution >= 0.6 is 0 Å². The van der Waals surface area contributed by atoms with Gasteiger partial charge in [0.15, 0.2) is 0 Å². The molecule has 0 aliphatic heterocycles. The quantitative estimate of drug-likeness (QED) is 0.584. The summed E-state index contributed by atoms with van der Waals surface area (Å²) in [4.78, 5) is 0. The maximum atomic E-state index is 13.5. The number of halogens is 1. The Morgan fingerprint density at radius 1 is 1.43 bits per heavy atom. The molecule has 1 atom stereocenters. The Bertz CT molecular complexity index is 369. The Kier molecular flexibility index (Phi) is 2.18. The highest BCUT2D eigenvalue weighted by molar-refractivity contribution is 5.56. The molecule has 0 fully saturated rings. The summed E-state index contributed by atoms with van der Waals surface area (Å²) in [6.07, 6.45) is 3.97. The van der Waals surface area contributed by atoms with E-state index in [0.717, 1.165) is 24.0 Å². The minimum atomic E-state index is 0.000278. The van der Waals surface area contributed by atoms with Gasteiger partial charge in [0.05, 0.1) is 0 Å². The van der Waals surface area contributed by atoms with E-state index in [1.165, 1.54) is 11.1 Å². The third-order valence-corrected chi connectivity index (χ3v) is 3.18. The summed E-state index contributed by atoms with van der Waals surface area (Å²) in [5.41, 5.74) is 4.37. The van der Waals surface area contributed by atoms with Gasteiger partial charge in [0.1, 0.15) is 5.83 Å². The summed E-state index contributed by atoms with van der Waals surface area (Å²) in [5, 5.41) is 0. The zero-order valence-electron chi connectivity index (χ0n) is 8.57. The van der Waals surface area contributed by atoms with Crippen LogP contribution in [-0.4, -0.2) is 0 Å². The SMILES string of the molecule is C=CC1=C(F)CCC2=C1C(C)CC2=C. The monoisotopic (exact) mass is 190 g/mol. The Hall–Kier alpha value is -1.11. The fourth-order valence-electron chi connectivity index (χ4n) is 2.56. The molecule has 0 bridgehead atoms. The van der Waals surface area contributed by atoms with Gasteiger partial charge in [0.25, 0.3) is 0 Å². The molecule has 0 saturated heterocycles. The highest BCUT2D eigenvalue weighted by atomic mass is 19.1. The van der Waals surface area contributed by atoms with Crippen molar-refractivity contribution in [3.05, 3.63) is 47.4 Å². The molecule has 2 aliphatic rings. The van der Waals surface area contributed by atoms with Gasteiger partial charge in [0, 0.05) is 12.0 Å². The number of allylic oxidation sites excluding steroid dienone is 6. The lowest BCUT2D eigenvalue weighted by atomic mass is 9.88. The van der Waals surface area contributed by atoms with Crippen molar-refractivity contribution in [3.8, 4) is 0 Å². The summed E-state index contributed by atoms with van der Waals surface area (Å²) in [7, 11) is 0. The molecule has 14 heavy (non-hydrogen) atoms. The van der Waals surface area contributed by atoms with E-state index in [4.69, 9.17) is 0 Å². The summed E-state index contributed by atoms with van der Waals surface area (Å²) in [6.45, 7) is 9.87. The van der Waals surface area contributed by atoms with Crippen molar-refractivity contribution in [2.24, 2.45) is 5.92 Å². The molecule has 1 heteroatoms. The van der Waals surface area contributed by atoms with Crippen molar-refractivity contribution >= 4 is 0 Å². The van der Waals surface area contributed by atoms with E-state index in [1.807, 2.05) is 0 Å². The molecule has 2 rings (SSSR count). The second-order valence-electron chi connectivity index (χ2n) is 4.12. The van der Waals surface area contributed by atoms with Crippen molar-refractivity contribution in [2.75, 3.05) is 0 Å². The first-order valence-electron chi connectivity index (χ1n) is 5.07. The molecule has 0 nitrogen and oxygen atoms in total. The Balaban J connectivity index is 2.54. The van der Waals surface area contributed by atoms with Crippen molar-refractivity contribution in [3.63, 3.8) is 0 Å². The largest absolute Gasteiger partial charge is 0.211 e. The average Bonchev–Trinajstić information content (AvgIpc) is 2.43. The number of rotatable bonds is 1. The summed E-state index contributed by atoms with van der Waals surface area (Å²) >= 11 is 0. The van der Waals surface area contributed by atoms with E-state index < -0.39 is 0 Å². The minimum Gasteiger partial charge on any atom is -0.211 e. The smallest absolute Gasteiger partial charge is 0.108 e. The summed E-state index contributed by atoms with van der Waals surface area (Å²) in [5.74, 6) is 0.414. The van der Waals surface area contributed by atoms with Crippen LogP contribution in [0.4, 0.5) is 4.39 Å². The van der Waals surface area contributed by atoms with Gasteiger partial charge in [-0.2, -0.15) is 0 Å². The predicted molar refractivity (Wildman–Crippen MR) is 57.5 cm³/mol. The molecule has 0 aromatic heterocycles. The third-order valence-electron chi connectivity index (χ3n) is 3.18. The molecule has 2 aliphatic carbocycles. The topological polar surface area (TPSA) is 0 Å². The normalized spacial score (nSPS) is 27.0. The van der Waals surface area contributed by atoms with Gasteiger partial charge < -0.3 is 0 Å². The van der Waals surface area contributed by atoms with Gasteiger partial charge in [0.2, 0.25) is 0 Å². The van der Waals surface area contributed by atoms with E-state index in [-0.39, 0.29) is 5.83 Å². The van der Waals surface area contributed by atoms with Crippen molar-refractivity contribution in [2.45, 2.75) is 26.2 Å². The van der Waals surface area contributed by atoms with Crippen LogP contribution in [0, 0.1) is 5.92 Å². The molecule has 74 valence electrons. The zero-order chi connectivity index (χ0) is 10.3. The predicted octanol–water partition coefficient (Wildman–Crippen LogP) is 4.08. The average molecular weight is 190 g/mol. The molecule has 0 spiro atoms. The lowest BCUT2D eigenvalue weighted by Crippen LogP contribution is -2.03. The first kappa shape index (κ1) is 9.45. The summed E-state index contributed by atoms with van der Waals surface area (Å²) < 4.78 is 13.5. The van der Waals surface area contributed by atoms with Crippen LogP contribution in [-0.2, 0) is 0 Å². The molecule has 1 unspecified atom stereocenters. The molecule has 0 amide bonds. The van der Waals surface area contributed by atoms with Gasteiger partial charge in [-0.3, -0.25) is 0 Å². The molecular weight excluding hydrogens is 175 g/mol. The van der Waals surface area contributed by atoms with E-state index >= 15 is 0 Å². The minimum absolute atomic E-state index is 0.000278. The Morgan fingerprint density at radius 2 is 2.14 bits per heavy atom. The Morgan fingerprint density at radius 3 is 2.79 bits per heavy atom. The first-order valence-corrected chi connectivity index (χ1v) is 5.07. The molecule has 0 aromatic rings. The standard InChI is InChI=1S/C13H15F/c1-4-10-12(14)6-5-11-8(2)7-9(3)13(10)11/h4,9H,1-2,5-7H2,3H3. The molecule has 0 heterocycles. The van der Waals surface area contributed by atoms with E-state index in [9.17, 15) is 4.39 Å². The Labute approximate surface area is 84.5 Å². The molecule has 0 N–H and O–H groups in total. The van der Waals surface area contributed by atoms with Crippen LogP contribution < -0.4 is 0 Å². The van der Waals surface area contributed by atoms with Crippen LogP contribution in [0.25, 0.3) is 0 Å². The zero-order valence-corrected chi connectivity index (χ0v) is 8.57. The highest BCUT2D eigenvalue weighted by Gasteiger charge is 2.30. The van der Waals surface area contributed by atoms with Gasteiger partial charge in [-0.15, -0.1) is 0 Å². The van der Waals surface area contributed by atoms with Crippen LogP contribution in [0.2, 0.25) is 0 Å². The molecule has 0 aromatic carbocycles. The maximum Gasteiger partial charge on any atom is 0.108 e. The van der Waals surface area contributed by atoms with Gasteiger partial charge in [-0.25, -0.2) is 4.39 Å². The lowest BCUT2D eigenvalue weighted by molar-refractivity contribution is 0.569. The number of hydrogen-bond donors (Lipinski definition) is 0. The van der Waals surface area contributed by atoms with E-state index in [1.54, 1.807) is 6.08 Å². The summed E-state index contributed by atoms with van der Waals surface area (Å²) in [6, 6.07) is 0. The van der Waals surface area contributed by atoms with Gasteiger partial charge in [-0.1, -0.05) is 31.7 Å². The lowest BCUT2D eigenvalue weighted by Gasteiger charge is -2.18. The second kappa shape index (κ2) is 3.23. The number of hydrogen-bond acceptors (Lipinski definition) is 0. The molecular formula is C13H15F. The van der Waals surface area contributed by atoms with Crippen LogP contribution in [0.3, 0.4) is 0 Å². The fourth-order valence-corrected chi connectivity index (χ4v) is 2.56. The van der Waals surface area contributed by atoms with Crippen LogP contribution in [0.1, 0.15) is 26.2 Å². The van der Waals surface area contributed by atoms with Gasteiger partial charge in [-0.05, 0) is 29.9 Å². The third kappa shape index (κ3) is 1.19. The van der Waals surface area contributed by atoms with E-state index in [2.05, 4.69) is 20.1 Å². The maximum absolute atomic E-state index is 13.5. The molecule has 0 radical (unpaired) electrons. The van der Waals surface area contributed by atoms with Crippen LogP contribution in [0.15, 0.2) is 47.4 Å². The first-order chi connectivity index (χ1) is 6.65. The fraction of sp³-hybridized carbons (Fsp3) is 0.385. The van der Waals surface area contributed by atoms with E-state index in [0.29, 0.717) is 12.3 Å². The second-order valence-corrected chi connectivity index (χ2v) is 4.12. The van der Waals surface area contributed by atoms with Crippen molar-refractivity contribution in [1.29, 1.82) is 0 Å². The molecule has 0 saturated carbocycles.